The Labute approximate surface area is 154 Å². The number of thiocarbonyl (C=S) groups is 1. The Morgan fingerprint density at radius 3 is 2.54 bits per heavy atom. The van der Waals surface area contributed by atoms with Gasteiger partial charge in [-0.15, -0.1) is 0 Å². The summed E-state index contributed by atoms with van der Waals surface area (Å²) in [6, 6.07) is 10.4. The van der Waals surface area contributed by atoms with Gasteiger partial charge in [-0.1, -0.05) is 24.3 Å². The topological polar surface area (TPSA) is 50.4 Å². The molecule has 0 aromatic heterocycles. The zero-order valence-corrected chi connectivity index (χ0v) is 14.9. The molecule has 0 atom stereocenters. The van der Waals surface area contributed by atoms with Crippen molar-refractivity contribution in [2.24, 2.45) is 0 Å². The lowest BCUT2D eigenvalue weighted by molar-refractivity contribution is -0.136. The van der Waals surface area contributed by atoms with E-state index in [9.17, 15) is 18.0 Å². The number of amides is 1. The smallest absolute Gasteiger partial charge is 0.418 e. The van der Waals surface area contributed by atoms with E-state index < -0.39 is 17.6 Å². The first-order valence-electron chi connectivity index (χ1n) is 7.64. The zero-order valence-electron chi connectivity index (χ0n) is 14.1. The Balaban J connectivity index is 1.94. The summed E-state index contributed by atoms with van der Waals surface area (Å²) in [5.41, 5.74) is 0.735. The van der Waals surface area contributed by atoms with Crippen molar-refractivity contribution in [2.75, 3.05) is 11.9 Å². The monoisotopic (exact) mass is 382 g/mol. The molecule has 0 heterocycles. The number of carbonyl (C=O) groups is 1. The predicted octanol–water partition coefficient (Wildman–Crippen LogP) is 4.21. The first kappa shape index (κ1) is 19.7. The number of alkyl halides is 3. The fourth-order valence-electron chi connectivity index (χ4n) is 2.16. The molecule has 0 unspecified atom stereocenters. The van der Waals surface area contributed by atoms with Gasteiger partial charge in [-0.2, -0.15) is 13.2 Å². The number of carbonyl (C=O) groups excluding carboxylic acids is 1. The molecular weight excluding hydrogens is 365 g/mol. The Morgan fingerprint density at radius 1 is 1.15 bits per heavy atom. The molecule has 0 aliphatic heterocycles. The van der Waals surface area contributed by atoms with Crippen LogP contribution in [0.15, 0.2) is 42.5 Å². The second-order valence-corrected chi connectivity index (χ2v) is 6.01. The molecule has 2 aromatic carbocycles. The molecule has 0 fully saturated rings. The number of hydrogen-bond acceptors (Lipinski definition) is 3. The highest BCUT2D eigenvalue weighted by molar-refractivity contribution is 7.80. The van der Waals surface area contributed by atoms with Crippen molar-refractivity contribution in [2.45, 2.75) is 20.0 Å². The molecule has 8 heteroatoms. The summed E-state index contributed by atoms with van der Waals surface area (Å²) in [7, 11) is 0. The largest absolute Gasteiger partial charge is 0.483 e. The summed E-state index contributed by atoms with van der Waals surface area (Å²) in [5.74, 6) is -0.0191. The molecule has 0 spiro atoms. The van der Waals surface area contributed by atoms with E-state index in [1.165, 1.54) is 18.2 Å². The third kappa shape index (κ3) is 5.45. The predicted molar refractivity (Wildman–Crippen MR) is 97.2 cm³/mol. The van der Waals surface area contributed by atoms with Gasteiger partial charge in [0.25, 0.3) is 5.91 Å². The van der Waals surface area contributed by atoms with E-state index >= 15 is 0 Å². The quantitative estimate of drug-likeness (QED) is 0.778. The number of hydrogen-bond donors (Lipinski definition) is 2. The number of rotatable bonds is 4. The third-order valence-corrected chi connectivity index (χ3v) is 3.64. The summed E-state index contributed by atoms with van der Waals surface area (Å²) >= 11 is 4.91. The highest BCUT2D eigenvalue weighted by Crippen LogP contribution is 2.34. The van der Waals surface area contributed by atoms with Gasteiger partial charge >= 0.3 is 6.18 Å². The third-order valence-electron chi connectivity index (χ3n) is 3.44. The molecule has 0 radical (unpaired) electrons. The van der Waals surface area contributed by atoms with Crippen LogP contribution >= 0.6 is 12.2 Å². The summed E-state index contributed by atoms with van der Waals surface area (Å²) in [5, 5.41) is 4.45. The average molecular weight is 382 g/mol. The molecule has 0 saturated heterocycles. The van der Waals surface area contributed by atoms with Crippen LogP contribution in [0, 0.1) is 13.8 Å². The standard InChI is InChI=1S/C18H17F3N2O2S/c1-11-7-8-12(2)15(9-11)25-10-16(24)23-17(26)22-14-6-4-3-5-13(14)18(19,20)21/h3-9H,10H2,1-2H3,(H2,22,23,24,26). The van der Waals surface area contributed by atoms with Crippen LogP contribution in [-0.4, -0.2) is 17.6 Å². The molecule has 0 bridgehead atoms. The summed E-state index contributed by atoms with van der Waals surface area (Å²) < 4.78 is 44.3. The number of para-hydroxylation sites is 1. The molecule has 0 aliphatic carbocycles. The molecular formula is C18H17F3N2O2S. The lowest BCUT2D eigenvalue weighted by atomic mass is 10.1. The minimum Gasteiger partial charge on any atom is -0.483 e. The molecule has 138 valence electrons. The van der Waals surface area contributed by atoms with Gasteiger partial charge in [-0.05, 0) is 55.4 Å². The summed E-state index contributed by atoms with van der Waals surface area (Å²) in [6.45, 7) is 3.42. The number of anilines is 1. The van der Waals surface area contributed by atoms with Gasteiger partial charge in [-0.3, -0.25) is 10.1 Å². The summed E-state index contributed by atoms with van der Waals surface area (Å²) in [4.78, 5) is 11.9. The second kappa shape index (κ2) is 8.18. The Hall–Kier alpha value is -2.61. The van der Waals surface area contributed by atoms with Gasteiger partial charge < -0.3 is 10.1 Å². The van der Waals surface area contributed by atoms with E-state index in [0.29, 0.717) is 5.75 Å². The van der Waals surface area contributed by atoms with Gasteiger partial charge in [-0.25, -0.2) is 0 Å². The number of nitrogens with one attached hydrogen (secondary N) is 2. The molecule has 2 rings (SSSR count). The van der Waals surface area contributed by atoms with Crippen molar-refractivity contribution in [1.82, 2.24) is 5.32 Å². The normalized spacial score (nSPS) is 11.0. The molecule has 4 nitrogen and oxygen atoms in total. The van der Waals surface area contributed by atoms with Crippen LogP contribution in [0.4, 0.5) is 18.9 Å². The number of aryl methyl sites for hydroxylation is 2. The van der Waals surface area contributed by atoms with Crippen molar-refractivity contribution in [3.05, 3.63) is 59.2 Å². The van der Waals surface area contributed by atoms with Crippen molar-refractivity contribution in [1.29, 1.82) is 0 Å². The maximum absolute atomic E-state index is 12.9. The Bertz CT molecular complexity index is 822. The van der Waals surface area contributed by atoms with Crippen molar-refractivity contribution >= 4 is 28.9 Å². The molecule has 2 N–H and O–H groups in total. The summed E-state index contributed by atoms with van der Waals surface area (Å²) in [6.07, 6.45) is -4.53. The van der Waals surface area contributed by atoms with Gasteiger partial charge in [0.1, 0.15) is 5.75 Å². The Morgan fingerprint density at radius 2 is 1.85 bits per heavy atom. The van der Waals surface area contributed by atoms with E-state index in [1.807, 2.05) is 26.0 Å². The molecule has 2 aromatic rings. The number of benzene rings is 2. The average Bonchev–Trinajstić information content (AvgIpc) is 2.55. The minimum absolute atomic E-state index is 0.235. The van der Waals surface area contributed by atoms with Gasteiger partial charge in [0.2, 0.25) is 0 Å². The van der Waals surface area contributed by atoms with E-state index in [-0.39, 0.29) is 17.4 Å². The van der Waals surface area contributed by atoms with Crippen molar-refractivity contribution in [3.63, 3.8) is 0 Å². The highest BCUT2D eigenvalue weighted by Gasteiger charge is 2.33. The van der Waals surface area contributed by atoms with Gasteiger partial charge in [0, 0.05) is 0 Å². The number of ether oxygens (including phenoxy) is 1. The molecule has 0 aliphatic rings. The van der Waals surface area contributed by atoms with Crippen LogP contribution < -0.4 is 15.4 Å². The van der Waals surface area contributed by atoms with Crippen LogP contribution in [0.25, 0.3) is 0 Å². The van der Waals surface area contributed by atoms with Gasteiger partial charge in [0.15, 0.2) is 11.7 Å². The zero-order chi connectivity index (χ0) is 19.3. The Kier molecular flexibility index (Phi) is 6.20. The van der Waals surface area contributed by atoms with E-state index in [1.54, 1.807) is 6.07 Å². The minimum atomic E-state index is -4.53. The van der Waals surface area contributed by atoms with Crippen molar-refractivity contribution in [3.8, 4) is 5.75 Å². The first-order chi connectivity index (χ1) is 12.2. The first-order valence-corrected chi connectivity index (χ1v) is 8.05. The fourth-order valence-corrected chi connectivity index (χ4v) is 2.39. The lowest BCUT2D eigenvalue weighted by Crippen LogP contribution is -2.37. The molecule has 1 amide bonds. The van der Waals surface area contributed by atoms with Crippen molar-refractivity contribution < 1.29 is 22.7 Å². The SMILES string of the molecule is Cc1ccc(C)c(OCC(=O)NC(=S)Nc2ccccc2C(F)(F)F)c1. The van der Waals surface area contributed by atoms with Crippen LogP contribution in [0.5, 0.6) is 5.75 Å². The molecule has 26 heavy (non-hydrogen) atoms. The maximum Gasteiger partial charge on any atom is 0.418 e. The van der Waals surface area contributed by atoms with E-state index in [4.69, 9.17) is 17.0 Å². The van der Waals surface area contributed by atoms with Crippen LogP contribution in [0.2, 0.25) is 0 Å². The van der Waals surface area contributed by atoms with E-state index in [0.717, 1.165) is 17.2 Å². The number of halogens is 3. The highest BCUT2D eigenvalue weighted by atomic mass is 32.1. The molecule has 0 saturated carbocycles. The van der Waals surface area contributed by atoms with Crippen LogP contribution in [0.3, 0.4) is 0 Å². The fraction of sp³-hybridized carbons (Fsp3) is 0.222. The second-order valence-electron chi connectivity index (χ2n) is 5.60. The van der Waals surface area contributed by atoms with Gasteiger partial charge in [0.05, 0.1) is 11.3 Å². The maximum atomic E-state index is 12.9. The lowest BCUT2D eigenvalue weighted by Gasteiger charge is -2.15. The van der Waals surface area contributed by atoms with Crippen LogP contribution in [-0.2, 0) is 11.0 Å². The van der Waals surface area contributed by atoms with E-state index in [2.05, 4.69) is 10.6 Å². The van der Waals surface area contributed by atoms with Crippen LogP contribution in [0.1, 0.15) is 16.7 Å².